The second-order valence-electron chi connectivity index (χ2n) is 7.73. The van der Waals surface area contributed by atoms with Crippen molar-refractivity contribution >= 4 is 29.4 Å². The van der Waals surface area contributed by atoms with Crippen molar-refractivity contribution < 1.29 is 9.53 Å². The fourth-order valence-electron chi connectivity index (χ4n) is 4.32. The van der Waals surface area contributed by atoms with E-state index in [2.05, 4.69) is 46.8 Å². The van der Waals surface area contributed by atoms with E-state index < -0.39 is 0 Å². The molecule has 2 heterocycles. The molecule has 0 amide bonds. The number of nitrogens with one attached hydrogen (secondary N) is 1. The van der Waals surface area contributed by atoms with E-state index >= 15 is 0 Å². The van der Waals surface area contributed by atoms with Crippen molar-refractivity contribution in [2.75, 3.05) is 13.2 Å². The van der Waals surface area contributed by atoms with Crippen molar-refractivity contribution in [3.63, 3.8) is 0 Å². The molecule has 6 nitrogen and oxygen atoms in total. The van der Waals surface area contributed by atoms with E-state index in [-0.39, 0.29) is 24.3 Å². The van der Waals surface area contributed by atoms with Crippen LogP contribution in [0.4, 0.5) is 0 Å². The second kappa shape index (κ2) is 9.58. The van der Waals surface area contributed by atoms with E-state index in [9.17, 15) is 4.79 Å². The monoisotopic (exact) mass is 428 g/mol. The summed E-state index contributed by atoms with van der Waals surface area (Å²) >= 11 is 0. The number of hydrogen-bond donors (Lipinski definition) is 1. The molecule has 0 saturated heterocycles. The topological polar surface area (TPSA) is 69.0 Å². The third-order valence-electron chi connectivity index (χ3n) is 5.88. The Morgan fingerprint density at radius 3 is 2.90 bits per heavy atom. The maximum absolute atomic E-state index is 12.5. The number of aromatic nitrogens is 3. The van der Waals surface area contributed by atoms with Crippen molar-refractivity contribution in [2.45, 2.75) is 45.6 Å². The number of rotatable bonds is 5. The normalized spacial score (nSPS) is 14.5. The molecule has 0 aliphatic carbocycles. The van der Waals surface area contributed by atoms with Crippen LogP contribution in [0.2, 0.25) is 0 Å². The first-order chi connectivity index (χ1) is 14.1. The van der Waals surface area contributed by atoms with E-state index in [1.54, 1.807) is 4.68 Å². The molecular formula is C23H29ClN4O2. The predicted octanol–water partition coefficient (Wildman–Crippen LogP) is 3.82. The van der Waals surface area contributed by atoms with Gasteiger partial charge in [0.25, 0.3) is 0 Å². The number of carbonyl (C=O) groups is 1. The van der Waals surface area contributed by atoms with Crippen LogP contribution < -0.4 is 5.32 Å². The molecule has 0 bridgehead atoms. The Balaban J connectivity index is 0.00000256. The molecule has 0 saturated carbocycles. The predicted molar refractivity (Wildman–Crippen MR) is 120 cm³/mol. The number of hydrogen-bond acceptors (Lipinski definition) is 5. The molecule has 4 rings (SSSR count). The summed E-state index contributed by atoms with van der Waals surface area (Å²) in [6, 6.07) is 10.8. The number of nitrogens with zero attached hydrogens (tertiary/aromatic N) is 3. The van der Waals surface area contributed by atoms with Gasteiger partial charge < -0.3 is 10.1 Å². The first-order valence-corrected chi connectivity index (χ1v) is 10.4. The number of carbonyl (C=O) groups excluding carboxylic acids is 1. The zero-order valence-electron chi connectivity index (χ0n) is 17.8. The Kier molecular flexibility index (Phi) is 7.10. The first kappa shape index (κ1) is 22.2. The van der Waals surface area contributed by atoms with Gasteiger partial charge in [0.15, 0.2) is 0 Å². The highest BCUT2D eigenvalue weighted by atomic mass is 35.5. The van der Waals surface area contributed by atoms with Crippen molar-refractivity contribution in [1.29, 1.82) is 0 Å². The lowest BCUT2D eigenvalue weighted by atomic mass is 9.84. The molecular weight excluding hydrogens is 400 g/mol. The van der Waals surface area contributed by atoms with Crippen LogP contribution in [0.5, 0.6) is 0 Å². The van der Waals surface area contributed by atoms with Crippen LogP contribution in [0.15, 0.2) is 30.3 Å². The van der Waals surface area contributed by atoms with Gasteiger partial charge >= 0.3 is 5.97 Å². The molecule has 1 atom stereocenters. The highest BCUT2D eigenvalue weighted by Crippen LogP contribution is 2.34. The Labute approximate surface area is 183 Å². The molecule has 0 radical (unpaired) electrons. The smallest absolute Gasteiger partial charge is 0.306 e. The fourth-order valence-corrected chi connectivity index (χ4v) is 4.32. The zero-order chi connectivity index (χ0) is 20.4. The summed E-state index contributed by atoms with van der Waals surface area (Å²) in [6.07, 6.45) is 2.56. The summed E-state index contributed by atoms with van der Waals surface area (Å²) in [5, 5.41) is 12.0. The molecule has 1 aromatic heterocycles. The number of benzene rings is 2. The lowest BCUT2D eigenvalue weighted by molar-refractivity contribution is -0.143. The molecule has 3 aromatic rings. The zero-order valence-corrected chi connectivity index (χ0v) is 18.6. The van der Waals surface area contributed by atoms with E-state index in [4.69, 9.17) is 4.74 Å². The van der Waals surface area contributed by atoms with Crippen LogP contribution in [-0.2, 0) is 29.5 Å². The number of esters is 1. The van der Waals surface area contributed by atoms with Gasteiger partial charge in [0, 0.05) is 19.5 Å². The van der Waals surface area contributed by atoms with Gasteiger partial charge in [-0.05, 0) is 67.1 Å². The first-order valence-electron chi connectivity index (χ1n) is 10.4. The summed E-state index contributed by atoms with van der Waals surface area (Å²) < 4.78 is 7.07. The molecule has 0 fully saturated rings. The lowest BCUT2D eigenvalue weighted by Crippen LogP contribution is -2.14. The van der Waals surface area contributed by atoms with E-state index in [1.807, 2.05) is 20.0 Å². The molecule has 1 unspecified atom stereocenters. The Bertz CT molecular complexity index is 1050. The maximum atomic E-state index is 12.5. The molecule has 1 N–H and O–H groups in total. The SMILES string of the molecule is CCOC(=O)CC(c1ccc2c(c1)CNCCC2)c1ccc2c(nnn2C)c1C.Cl. The molecule has 1 aliphatic rings. The van der Waals surface area contributed by atoms with Gasteiger partial charge in [0.05, 0.1) is 18.5 Å². The fraction of sp³-hybridized carbons (Fsp3) is 0.435. The number of aryl methyl sites for hydroxylation is 3. The van der Waals surface area contributed by atoms with Gasteiger partial charge in [-0.25, -0.2) is 4.68 Å². The minimum absolute atomic E-state index is 0. The second-order valence-corrected chi connectivity index (χ2v) is 7.73. The van der Waals surface area contributed by atoms with Crippen LogP contribution >= 0.6 is 12.4 Å². The summed E-state index contributed by atoms with van der Waals surface area (Å²) in [5.74, 6) is -0.252. The average molecular weight is 429 g/mol. The van der Waals surface area contributed by atoms with Gasteiger partial charge in [-0.2, -0.15) is 0 Å². The number of ether oxygens (including phenoxy) is 1. The van der Waals surface area contributed by atoms with Crippen LogP contribution in [0.3, 0.4) is 0 Å². The van der Waals surface area contributed by atoms with E-state index in [0.717, 1.165) is 53.7 Å². The van der Waals surface area contributed by atoms with Crippen LogP contribution in [0, 0.1) is 6.92 Å². The Morgan fingerprint density at radius 1 is 1.27 bits per heavy atom. The molecule has 160 valence electrons. The number of fused-ring (bicyclic) bond motifs is 2. The molecule has 2 aromatic carbocycles. The van der Waals surface area contributed by atoms with Crippen molar-refractivity contribution in [3.05, 3.63) is 58.1 Å². The highest BCUT2D eigenvalue weighted by Gasteiger charge is 2.24. The van der Waals surface area contributed by atoms with Crippen molar-refractivity contribution in [3.8, 4) is 0 Å². The molecule has 1 aliphatic heterocycles. The summed E-state index contributed by atoms with van der Waals surface area (Å²) in [6.45, 7) is 6.21. The summed E-state index contributed by atoms with van der Waals surface area (Å²) in [7, 11) is 1.89. The molecule has 7 heteroatoms. The number of halogens is 1. The quantitative estimate of drug-likeness (QED) is 0.625. The van der Waals surface area contributed by atoms with Gasteiger partial charge in [0.1, 0.15) is 5.52 Å². The Hall–Kier alpha value is -2.44. The van der Waals surface area contributed by atoms with Gasteiger partial charge in [-0.1, -0.05) is 29.5 Å². The van der Waals surface area contributed by atoms with Crippen molar-refractivity contribution in [2.24, 2.45) is 7.05 Å². The molecule has 0 spiro atoms. The van der Waals surface area contributed by atoms with Gasteiger partial charge in [-0.3, -0.25) is 4.79 Å². The standard InChI is InChI=1S/C23H28N4O2.ClH/c1-4-29-22(28)13-20(17-8-7-16-6-5-11-24-14-18(16)12-17)19-9-10-21-23(15(19)2)25-26-27(21)3;/h7-10,12,20,24H,4-6,11,13-14H2,1-3H3;1H. The van der Waals surface area contributed by atoms with E-state index in [0.29, 0.717) is 13.0 Å². The molecule has 30 heavy (non-hydrogen) atoms. The minimum atomic E-state index is -0.177. The third kappa shape index (κ3) is 4.35. The van der Waals surface area contributed by atoms with Gasteiger partial charge in [-0.15, -0.1) is 17.5 Å². The largest absolute Gasteiger partial charge is 0.466 e. The summed E-state index contributed by atoms with van der Waals surface area (Å²) in [4.78, 5) is 12.5. The van der Waals surface area contributed by atoms with Gasteiger partial charge in [0.2, 0.25) is 0 Å². The lowest BCUT2D eigenvalue weighted by Gasteiger charge is -2.21. The van der Waals surface area contributed by atoms with Crippen LogP contribution in [-0.4, -0.2) is 34.1 Å². The van der Waals surface area contributed by atoms with Crippen LogP contribution in [0.1, 0.15) is 53.5 Å². The Morgan fingerprint density at radius 2 is 2.10 bits per heavy atom. The summed E-state index contributed by atoms with van der Waals surface area (Å²) in [5.41, 5.74) is 7.92. The average Bonchev–Trinajstić information content (AvgIpc) is 2.94. The van der Waals surface area contributed by atoms with Crippen LogP contribution in [0.25, 0.3) is 11.0 Å². The van der Waals surface area contributed by atoms with E-state index in [1.165, 1.54) is 11.1 Å². The minimum Gasteiger partial charge on any atom is -0.466 e. The highest BCUT2D eigenvalue weighted by molar-refractivity contribution is 5.85. The van der Waals surface area contributed by atoms with Crippen molar-refractivity contribution in [1.82, 2.24) is 20.3 Å². The third-order valence-corrected chi connectivity index (χ3v) is 5.88. The maximum Gasteiger partial charge on any atom is 0.306 e.